The van der Waals surface area contributed by atoms with Crippen molar-refractivity contribution in [2.75, 3.05) is 15.5 Å². The molecule has 0 spiro atoms. The molecular formula is C59H56N4O. The zero-order valence-electron chi connectivity index (χ0n) is 43.1. The van der Waals surface area contributed by atoms with Crippen LogP contribution >= 0.6 is 0 Å². The topological polar surface area (TPSA) is 49.4 Å². The first kappa shape index (κ1) is 34.4. The van der Waals surface area contributed by atoms with Crippen molar-refractivity contribution in [1.29, 1.82) is 0 Å². The number of nitrogens with one attached hydrogen (secondary N) is 2. The summed E-state index contributed by atoms with van der Waals surface area (Å²) in [6.45, 7) is 8.18. The molecule has 2 unspecified atom stereocenters. The Morgan fingerprint density at radius 2 is 1.12 bits per heavy atom. The highest BCUT2D eigenvalue weighted by molar-refractivity contribution is 5.95. The number of aryl methyl sites for hydroxylation is 2. The van der Waals surface area contributed by atoms with Crippen LogP contribution in [0.5, 0.6) is 11.5 Å². The van der Waals surface area contributed by atoms with Gasteiger partial charge in [-0.1, -0.05) is 162 Å². The molecule has 2 bridgehead atoms. The molecular weight excluding hydrogens is 781 g/mol. The summed E-state index contributed by atoms with van der Waals surface area (Å²) >= 11 is 0. The summed E-state index contributed by atoms with van der Waals surface area (Å²) in [5.41, 5.74) is 13.3. The third-order valence-electron chi connectivity index (χ3n) is 12.6. The van der Waals surface area contributed by atoms with Crippen LogP contribution in [0.1, 0.15) is 106 Å². The lowest BCUT2D eigenvalue weighted by Crippen LogP contribution is -2.22. The number of fused-ring (bicyclic) bond motifs is 8. The van der Waals surface area contributed by atoms with Gasteiger partial charge in [0.05, 0.1) is 29.1 Å². The van der Waals surface area contributed by atoms with Gasteiger partial charge in [-0.2, -0.15) is 0 Å². The summed E-state index contributed by atoms with van der Waals surface area (Å²) < 4.78 is 56.3. The number of anilines is 5. The molecule has 5 nitrogen and oxygen atoms in total. The maximum Gasteiger partial charge on any atom is 0.130 e. The lowest BCUT2D eigenvalue weighted by molar-refractivity contribution is 0.482. The Morgan fingerprint density at radius 1 is 0.516 bits per heavy atom. The maximum atomic E-state index is 8.27. The molecule has 2 N–H and O–H groups in total. The van der Waals surface area contributed by atoms with E-state index in [4.69, 9.17) is 17.9 Å². The smallest absolute Gasteiger partial charge is 0.130 e. The SMILES string of the molecule is [2H]C([2H])([2H])c1cc(-c2cccc(-c3ccc(C(C)(C)C)cc3)c2Nc2ccccc2Nc2cccc(Oc3ccc4c(c3)C3c5ccccc5C4N3c3cc(C(C)(C)C)ccn3)c2)cc(C([2H])([2H])[2H])c1. The second-order valence-corrected chi connectivity index (χ2v) is 19.1. The first-order chi connectivity index (χ1) is 33.2. The number of nitrogens with zero attached hydrogens (tertiary/aromatic N) is 2. The summed E-state index contributed by atoms with van der Waals surface area (Å²) in [6.07, 6.45) is 1.93. The average molecular weight is 843 g/mol. The number of ether oxygens (including phenoxy) is 1. The largest absolute Gasteiger partial charge is 0.457 e. The van der Waals surface area contributed by atoms with Crippen molar-refractivity contribution in [2.24, 2.45) is 0 Å². The van der Waals surface area contributed by atoms with Gasteiger partial charge in [0.2, 0.25) is 0 Å². The van der Waals surface area contributed by atoms with E-state index in [-0.39, 0.29) is 34.0 Å². The Balaban J connectivity index is 0.974. The Labute approximate surface area is 387 Å². The zero-order chi connectivity index (χ0) is 49.3. The van der Waals surface area contributed by atoms with E-state index in [2.05, 4.69) is 136 Å². The van der Waals surface area contributed by atoms with Crippen LogP contribution in [-0.2, 0) is 10.8 Å². The van der Waals surface area contributed by atoms with Crippen LogP contribution in [0.15, 0.2) is 170 Å². The second kappa shape index (κ2) is 15.9. The number of hydrogen-bond acceptors (Lipinski definition) is 5. The number of hydrogen-bond donors (Lipinski definition) is 2. The fraction of sp³-hybridized carbons (Fsp3) is 0.203. The first-order valence-corrected chi connectivity index (χ1v) is 22.0. The molecule has 318 valence electrons. The zero-order valence-corrected chi connectivity index (χ0v) is 37.1. The lowest BCUT2D eigenvalue weighted by atomic mass is 9.86. The highest BCUT2D eigenvalue weighted by atomic mass is 16.5. The molecule has 8 aromatic rings. The summed E-state index contributed by atoms with van der Waals surface area (Å²) in [5, 5.41) is 7.36. The molecule has 2 aliphatic heterocycles. The number of benzene rings is 7. The number of para-hydroxylation sites is 3. The molecule has 0 saturated carbocycles. The molecule has 0 fully saturated rings. The highest BCUT2D eigenvalue weighted by Gasteiger charge is 2.48. The number of rotatable bonds is 9. The lowest BCUT2D eigenvalue weighted by Gasteiger charge is -2.27. The molecule has 0 radical (unpaired) electrons. The van der Waals surface area contributed by atoms with Crippen molar-refractivity contribution >= 4 is 28.6 Å². The van der Waals surface area contributed by atoms with Crippen molar-refractivity contribution in [1.82, 2.24) is 4.98 Å². The van der Waals surface area contributed by atoms with Gasteiger partial charge in [-0.05, 0) is 118 Å². The van der Waals surface area contributed by atoms with E-state index in [0.717, 1.165) is 39.8 Å². The van der Waals surface area contributed by atoms with E-state index in [1.807, 2.05) is 72.9 Å². The Kier molecular flexibility index (Phi) is 8.55. The van der Waals surface area contributed by atoms with Crippen LogP contribution in [0.2, 0.25) is 0 Å². The van der Waals surface area contributed by atoms with E-state index >= 15 is 0 Å². The van der Waals surface area contributed by atoms with Gasteiger partial charge in [0.1, 0.15) is 17.3 Å². The molecule has 7 aromatic carbocycles. The number of pyridine rings is 1. The Bertz CT molecular complexity index is 3240. The minimum Gasteiger partial charge on any atom is -0.457 e. The van der Waals surface area contributed by atoms with Crippen molar-refractivity contribution in [3.63, 3.8) is 0 Å². The second-order valence-electron chi connectivity index (χ2n) is 19.1. The minimum atomic E-state index is -2.52. The third kappa shape index (κ3) is 7.70. The highest BCUT2D eigenvalue weighted by Crippen LogP contribution is 2.58. The monoisotopic (exact) mass is 842 g/mol. The maximum absolute atomic E-state index is 8.27. The van der Waals surface area contributed by atoms with Gasteiger partial charge < -0.3 is 20.3 Å². The summed E-state index contributed by atoms with van der Waals surface area (Å²) in [7, 11) is 0. The van der Waals surface area contributed by atoms with Gasteiger partial charge in [0.25, 0.3) is 0 Å². The van der Waals surface area contributed by atoms with Gasteiger partial charge in [-0.25, -0.2) is 4.98 Å². The average Bonchev–Trinajstić information content (AvgIpc) is 3.84. The van der Waals surface area contributed by atoms with Gasteiger partial charge in [-0.15, -0.1) is 0 Å². The van der Waals surface area contributed by atoms with Crippen LogP contribution in [-0.4, -0.2) is 4.98 Å². The molecule has 2 aliphatic rings. The fourth-order valence-electron chi connectivity index (χ4n) is 9.35. The van der Waals surface area contributed by atoms with Crippen LogP contribution in [0.3, 0.4) is 0 Å². The summed E-state index contributed by atoms with van der Waals surface area (Å²) in [6, 6.07) is 54.0. The van der Waals surface area contributed by atoms with E-state index in [9.17, 15) is 0 Å². The van der Waals surface area contributed by atoms with Gasteiger partial charge in [0.15, 0.2) is 0 Å². The molecule has 5 heteroatoms. The Morgan fingerprint density at radius 3 is 1.81 bits per heavy atom. The molecule has 2 atom stereocenters. The molecule has 0 aliphatic carbocycles. The Hall–Kier alpha value is -7.11. The van der Waals surface area contributed by atoms with Crippen molar-refractivity contribution in [3.05, 3.63) is 214 Å². The third-order valence-corrected chi connectivity index (χ3v) is 12.6. The molecule has 0 amide bonds. The standard InChI is InChI=1S/C59H56N4O/c1-37-31-38(2)33-40(32-37)47-20-14-19-46(39-23-25-41(26-24-39)58(3,4)5)55(47)62-53-22-12-11-21-52(53)61-43-15-13-16-44(35-43)64-45-27-28-50-51(36-45)57-49-18-10-9-17-48(49)56(50)63(57)54-34-42(29-30-60-54)59(6,7)8/h9-36,56-57,61-62H,1-8H3/i1D3,2D3. The van der Waals surface area contributed by atoms with Gasteiger partial charge in [0, 0.05) is 37.3 Å². The van der Waals surface area contributed by atoms with Crippen LogP contribution < -0.4 is 20.3 Å². The van der Waals surface area contributed by atoms with Crippen molar-refractivity contribution < 1.29 is 13.0 Å². The molecule has 3 heterocycles. The quantitative estimate of drug-likeness (QED) is 0.152. The summed E-state index contributed by atoms with van der Waals surface area (Å²) in [5.74, 6) is 2.37. The molecule has 64 heavy (non-hydrogen) atoms. The first-order valence-electron chi connectivity index (χ1n) is 25.0. The number of aromatic nitrogens is 1. The van der Waals surface area contributed by atoms with Gasteiger partial charge >= 0.3 is 0 Å². The molecule has 1 aromatic heterocycles. The van der Waals surface area contributed by atoms with E-state index in [1.165, 1.54) is 39.4 Å². The van der Waals surface area contributed by atoms with Crippen molar-refractivity contribution in [3.8, 4) is 33.8 Å². The molecule has 0 saturated heterocycles. The van der Waals surface area contributed by atoms with Gasteiger partial charge in [-0.3, -0.25) is 0 Å². The molecule has 10 rings (SSSR count). The predicted octanol–water partition coefficient (Wildman–Crippen LogP) is 15.9. The van der Waals surface area contributed by atoms with Crippen LogP contribution in [0, 0.1) is 13.7 Å². The fourth-order valence-corrected chi connectivity index (χ4v) is 9.35. The minimum absolute atomic E-state index is 0.00193. The summed E-state index contributed by atoms with van der Waals surface area (Å²) in [4.78, 5) is 7.38. The van der Waals surface area contributed by atoms with Crippen LogP contribution in [0.25, 0.3) is 22.3 Å². The normalized spacial score (nSPS) is 16.9. The van der Waals surface area contributed by atoms with E-state index < -0.39 is 13.7 Å². The van der Waals surface area contributed by atoms with Crippen LogP contribution in [0.4, 0.5) is 28.6 Å². The van der Waals surface area contributed by atoms with E-state index in [1.54, 1.807) is 12.1 Å². The van der Waals surface area contributed by atoms with E-state index in [0.29, 0.717) is 22.6 Å². The predicted molar refractivity (Wildman–Crippen MR) is 267 cm³/mol. The van der Waals surface area contributed by atoms with Crippen molar-refractivity contribution in [2.45, 2.75) is 78.2 Å².